The third-order valence-electron chi connectivity index (χ3n) is 23.6. The molecule has 3 heterocycles. The molecule has 0 radical (unpaired) electrons. The van der Waals surface area contributed by atoms with Crippen molar-refractivity contribution in [2.24, 2.45) is 93.4 Å². The van der Waals surface area contributed by atoms with Gasteiger partial charge in [0, 0.05) is 108 Å². The van der Waals surface area contributed by atoms with Gasteiger partial charge >= 0.3 is 12.1 Å². The van der Waals surface area contributed by atoms with Crippen LogP contribution in [0.3, 0.4) is 0 Å². The van der Waals surface area contributed by atoms with Gasteiger partial charge in [0.25, 0.3) is 5.69 Å². The summed E-state index contributed by atoms with van der Waals surface area (Å²) in [5, 5.41) is 30.3. The first-order valence-corrected chi connectivity index (χ1v) is 49.1. The fraction of sp³-hybridized carbons (Fsp3) is 0.441. The van der Waals surface area contributed by atoms with E-state index in [1.807, 2.05) is 83.3 Å². The van der Waals surface area contributed by atoms with Crippen molar-refractivity contribution in [3.63, 3.8) is 0 Å². The maximum absolute atomic E-state index is 12.5. The Morgan fingerprint density at radius 1 is 0.460 bits per heavy atom. The van der Waals surface area contributed by atoms with Crippen LogP contribution in [-0.4, -0.2) is 107 Å². The molecule has 0 spiro atoms. The van der Waals surface area contributed by atoms with Crippen LogP contribution in [0.2, 0.25) is 0 Å². The minimum absolute atomic E-state index is 0.00505. The van der Waals surface area contributed by atoms with E-state index < -0.39 is 16.5 Å². The van der Waals surface area contributed by atoms with E-state index >= 15 is 0 Å². The molecule has 18 N–H and O–H groups in total. The van der Waals surface area contributed by atoms with Gasteiger partial charge in [-0.3, -0.25) is 19.5 Å². The fourth-order valence-corrected chi connectivity index (χ4v) is 13.8. The van der Waals surface area contributed by atoms with Crippen molar-refractivity contribution in [1.29, 1.82) is 0 Å². The highest BCUT2D eigenvalue weighted by atomic mass is 16.6. The number of hydrogen-bond donors (Lipinski definition) is 11. The predicted octanol–water partition coefficient (Wildman–Crippen LogP) is 25.7. The van der Waals surface area contributed by atoms with Crippen LogP contribution in [-0.2, 0) is 52.9 Å². The molecule has 0 bridgehead atoms. The number of aromatic amines is 2. The highest BCUT2D eigenvalue weighted by Gasteiger charge is 2.24. The first kappa shape index (κ1) is 123. The summed E-state index contributed by atoms with van der Waals surface area (Å²) in [6, 6.07) is 57.3. The fourth-order valence-electron chi connectivity index (χ4n) is 13.8. The van der Waals surface area contributed by atoms with Crippen LogP contribution in [0, 0.1) is 70.3 Å². The van der Waals surface area contributed by atoms with Crippen molar-refractivity contribution in [2.45, 2.75) is 278 Å². The number of nitrogens with two attached hydrogens (primary N) is 7. The van der Waals surface area contributed by atoms with E-state index in [1.54, 1.807) is 48.3 Å². The molecule has 0 fully saturated rings. The van der Waals surface area contributed by atoms with Gasteiger partial charge in [-0.25, -0.2) is 9.78 Å². The third kappa shape index (κ3) is 49.2. The average Bonchev–Trinajstić information content (AvgIpc) is 1.64. The number of nitrogens with zero attached hydrogens (tertiary/aromatic N) is 3. The van der Waals surface area contributed by atoms with Crippen LogP contribution in [0.5, 0.6) is 11.5 Å². The summed E-state index contributed by atoms with van der Waals surface area (Å²) in [7, 11) is 0. The molecule has 10 rings (SSSR count). The van der Waals surface area contributed by atoms with Crippen molar-refractivity contribution >= 4 is 45.3 Å². The number of hydrogen-bond acceptors (Lipinski definition) is 16. The lowest BCUT2D eigenvalue weighted by Gasteiger charge is -2.19. The summed E-state index contributed by atoms with van der Waals surface area (Å²) >= 11 is 0. The number of nitrogens with one attached hydrogen (secondary N) is 2. The lowest BCUT2D eigenvalue weighted by atomic mass is 9.93. The second kappa shape index (κ2) is 63.8. The molecule has 10 aromatic rings. The van der Waals surface area contributed by atoms with E-state index in [-0.39, 0.29) is 72.0 Å². The molecule has 0 aliphatic carbocycles. The molecule has 0 amide bonds. The number of rotatable bonds is 38. The third-order valence-corrected chi connectivity index (χ3v) is 23.6. The predicted molar refractivity (Wildman–Crippen MR) is 587 cm³/mol. The van der Waals surface area contributed by atoms with Crippen molar-refractivity contribution in [3.05, 3.63) is 335 Å². The average molecular weight is 1900 g/mol. The van der Waals surface area contributed by atoms with Gasteiger partial charge in [-0.2, -0.15) is 0 Å². The number of carbonyl (C=O) groups excluding carboxylic acids is 2. The number of nitro groups is 1. The number of aromatic nitrogens is 4. The Hall–Kier alpha value is -11.7. The summed E-state index contributed by atoms with van der Waals surface area (Å²) in [4.78, 5) is 53.7. The number of benzene rings is 7. The number of phenolic OH excluding ortho intramolecular Hbond substituents is 1. The zero-order valence-corrected chi connectivity index (χ0v) is 88.4. The first-order valence-electron chi connectivity index (χ1n) is 49.1. The van der Waals surface area contributed by atoms with Crippen molar-refractivity contribution in [1.82, 2.24) is 19.5 Å². The Kier molecular flexibility index (Phi) is 56.7. The number of Topliss-reactive ketones (excluding diaryl/α,β-unsaturated/α-hetero) is 1. The molecular weight excluding hydrogens is 1730 g/mol. The summed E-state index contributed by atoms with van der Waals surface area (Å²) in [6.07, 6.45) is 14.9. The number of H-pyrrole nitrogens is 2. The normalized spacial score (nSPS) is 12.5. The largest absolute Gasteiger partial charge is 0.508 e. The highest BCUT2D eigenvalue weighted by Crippen LogP contribution is 2.29. The quantitative estimate of drug-likeness (QED) is 0.00972. The number of para-hydroxylation sites is 2. The summed E-state index contributed by atoms with van der Waals surface area (Å²) < 4.78 is 12.5. The standard InChI is InChI=1S/C20H28N2O2.C16H18.C15H20N2.C14H21N.C13H19NO.C11H15NO3.C10H17N3.C10H19NO.C9H17NO2/c1-13(2)14(3)17(21)11-15-12-22(19(23)24-20(4,5)6)18-10-8-7-9-16(15)18;1-13(2)12-14-8-10-16(11-9-14)15-6-4-3-5-7-15;1-10(2)11(3)14(16)8-12-9-17-15-7-5-4-6-13(12)15;1-10(2)12(4)14(15)9-13-7-5-11(3)6-8-13;1-9(2)10(3)13(14)8-11-4-6-12(15)7-5-11;1-9(2)6-7-15-11-5-3-4-10(8-11)12(13)14;1-7(2)8(3)10(11)4-9-5-12-6-13-9;1-7(2)9(4)10(11)6-5-8(3)12;1-6(2)7(3)8(10)4-5-9(11)12/h7-10,12-13,17H,3,11,21H2,1-2,4-6H3;3-11,13H,12H2,1-2H3;4-7,9-10,14,17H,3,8,16H2,1-2H3;5-8,10,14H,4,9,15H2,1-3H3;4-7,9,13,15H,3,8,14H2,1-2H3;3-5,8-9H,6-7H2,1-2H3;5-7,10H,3-4,11H2,1-2H3,(H,12,13);7,10H,4-6,11H2,1-3H3;6,8H,3-5,10H2,1-2H3,(H,11,12). The number of ketones is 1. The number of carbonyl (C=O) groups is 3. The number of non-ortho nitro benzene ring substituents is 1. The Morgan fingerprint density at radius 2 is 0.871 bits per heavy atom. The van der Waals surface area contributed by atoms with Crippen LogP contribution >= 0.6 is 0 Å². The number of aromatic hydroxyl groups is 1. The molecular formula is C118H174N12O9. The molecule has 0 aliphatic rings. The summed E-state index contributed by atoms with van der Waals surface area (Å²) in [5.74, 6) is 4.37. The molecule has 7 atom stereocenters. The van der Waals surface area contributed by atoms with Gasteiger partial charge in [-0.15, -0.1) is 0 Å². The number of ether oxygens (including phenoxy) is 2. The van der Waals surface area contributed by atoms with Crippen molar-refractivity contribution < 1.29 is 39.0 Å². The number of aliphatic carboxylic acids is 1. The number of nitro benzene ring substituents is 1. The van der Waals surface area contributed by atoms with E-state index in [0.717, 1.165) is 118 Å². The van der Waals surface area contributed by atoms with Crippen LogP contribution in [0.25, 0.3) is 32.9 Å². The highest BCUT2D eigenvalue weighted by molar-refractivity contribution is 5.92. The van der Waals surface area contributed by atoms with Gasteiger partial charge in [0.2, 0.25) is 0 Å². The zero-order valence-electron chi connectivity index (χ0n) is 88.4. The van der Waals surface area contributed by atoms with E-state index in [9.17, 15) is 24.5 Å². The smallest absolute Gasteiger partial charge is 0.419 e. The summed E-state index contributed by atoms with van der Waals surface area (Å²) in [6.45, 7) is 75.8. The molecule has 21 nitrogen and oxygen atoms in total. The lowest BCUT2D eigenvalue weighted by molar-refractivity contribution is -0.384. The SMILES string of the molecule is C=C(C(C)C)C(N)CCC(=O)O.C=C(C(C)C)C(N)CCC(C)=O.C=C(C(C)C)C(N)Cc1c[nH]c2ccccc12.C=C(C(C)C)C(N)Cc1ccc(C)cc1.C=C(C(C)C)C(N)Cc1ccc(O)cc1.C=C(C(C)C)C(N)Cc1cn(C(=O)OC(C)(C)C)c2ccccc12.C=C(C(C)C)C(N)Cc1cnc[nH]1.CC(C)CCOc1cccc([N+](=O)[O-])c1.CC(C)Cc1ccc(-c2ccccc2)cc1. The van der Waals surface area contributed by atoms with Gasteiger partial charge in [-0.05, 0) is 209 Å². The molecule has 0 saturated carbocycles. The molecule has 7 unspecified atom stereocenters. The van der Waals surface area contributed by atoms with Gasteiger partial charge in [0.1, 0.15) is 22.9 Å². The van der Waals surface area contributed by atoms with E-state index in [2.05, 4.69) is 282 Å². The Bertz CT molecular complexity index is 5230. The molecule has 0 saturated heterocycles. The number of phenols is 1. The first-order chi connectivity index (χ1) is 65.0. The van der Waals surface area contributed by atoms with Gasteiger partial charge in [-0.1, -0.05) is 349 Å². The summed E-state index contributed by atoms with van der Waals surface area (Å²) in [5.41, 5.74) is 62.1. The Morgan fingerprint density at radius 3 is 1.31 bits per heavy atom. The van der Waals surface area contributed by atoms with Crippen molar-refractivity contribution in [2.75, 3.05) is 6.61 Å². The zero-order chi connectivity index (χ0) is 105. The molecule has 21 heteroatoms. The van der Waals surface area contributed by atoms with E-state index in [4.69, 9.17) is 59.8 Å². The number of carboxylic acids is 1. The number of carboxylic acid groups (broad SMARTS) is 1. The molecule has 3 aromatic heterocycles. The number of fused-ring (bicyclic) bond motifs is 2. The maximum atomic E-state index is 12.5. The molecule has 139 heavy (non-hydrogen) atoms. The topological polar surface area (TPSA) is 385 Å². The Labute approximate surface area is 834 Å². The van der Waals surface area contributed by atoms with E-state index in [1.165, 1.54) is 56.4 Å². The minimum Gasteiger partial charge on any atom is -0.508 e. The lowest BCUT2D eigenvalue weighted by Crippen LogP contribution is -2.27. The minimum atomic E-state index is -0.804. The second-order valence-corrected chi connectivity index (χ2v) is 40.1. The van der Waals surface area contributed by atoms with E-state index in [0.29, 0.717) is 79.0 Å². The monoisotopic (exact) mass is 1900 g/mol. The Balaban J connectivity index is 0.000000533. The van der Waals surface area contributed by atoms with Gasteiger partial charge < -0.3 is 74.6 Å². The molecule has 760 valence electrons. The van der Waals surface area contributed by atoms with Crippen LogP contribution in [0.4, 0.5) is 10.5 Å². The van der Waals surface area contributed by atoms with Gasteiger partial charge in [0.05, 0.1) is 29.4 Å². The number of aryl methyl sites for hydroxylation is 1. The maximum Gasteiger partial charge on any atom is 0.419 e. The van der Waals surface area contributed by atoms with Crippen LogP contribution < -0.4 is 44.9 Å². The van der Waals surface area contributed by atoms with Gasteiger partial charge in [0.15, 0.2) is 0 Å². The molecule has 0 aliphatic heterocycles. The number of imidazole rings is 1. The van der Waals surface area contributed by atoms with Crippen LogP contribution in [0.1, 0.15) is 224 Å². The second-order valence-electron chi connectivity index (χ2n) is 40.1. The molecule has 7 aromatic carbocycles. The van der Waals surface area contributed by atoms with Crippen LogP contribution in [0.15, 0.2) is 286 Å². The van der Waals surface area contributed by atoms with Crippen molar-refractivity contribution in [3.8, 4) is 22.6 Å².